The van der Waals surface area contributed by atoms with Gasteiger partial charge < -0.3 is 14.6 Å². The van der Waals surface area contributed by atoms with Gasteiger partial charge in [-0.3, -0.25) is 4.79 Å². The molecule has 0 spiro atoms. The van der Waals surface area contributed by atoms with E-state index in [0.717, 1.165) is 51.6 Å². The molecule has 0 bridgehead atoms. The maximum Gasteiger partial charge on any atom is 0.168 e. The Morgan fingerprint density at radius 2 is 0.925 bits per heavy atom. The number of unbranched alkanes of at least 4 members (excludes halogenated alkanes) is 23. The summed E-state index contributed by atoms with van der Waals surface area (Å²) in [5, 5.41) is 8.88. The number of hydrogen-bond donors (Lipinski definition) is 1. The maximum atomic E-state index is 11.3. The van der Waals surface area contributed by atoms with Crippen LogP contribution in [0.2, 0.25) is 0 Å². The molecule has 53 heavy (non-hydrogen) atoms. The van der Waals surface area contributed by atoms with Gasteiger partial charge in [0.05, 0.1) is 12.7 Å². The van der Waals surface area contributed by atoms with E-state index in [4.69, 9.17) is 14.6 Å². The third kappa shape index (κ3) is 32.5. The molecule has 0 amide bonds. The molecule has 0 aliphatic carbocycles. The first-order valence-electron chi connectivity index (χ1n) is 23.2. The molecule has 1 fully saturated rings. The fourth-order valence-corrected chi connectivity index (χ4v) is 7.39. The highest BCUT2D eigenvalue weighted by Crippen LogP contribution is 2.36. The minimum Gasteiger partial charge on any atom is -0.389 e. The van der Waals surface area contributed by atoms with Crippen LogP contribution in [-0.2, 0) is 14.3 Å². The standard InChI is InChI=1S/C49H88O4/c1-3-5-7-9-11-13-15-17-19-21-23-25-27-31-35-39-43-49(52-46-48(53-49)42-38-34-30-29-33-37-41-47(51)45-50)44-40-36-32-28-26-24-22-20-18-16-14-12-10-8-6-4-2/h11-14,17-20,48,50H,3-10,15-16,21-46H2,1-2H3/b13-11-,14-12-,19-17-,20-18-. The van der Waals surface area contributed by atoms with Crippen LogP contribution in [0.4, 0.5) is 0 Å². The molecule has 1 rings (SSSR count). The maximum absolute atomic E-state index is 11.3. The fourth-order valence-electron chi connectivity index (χ4n) is 7.39. The molecule has 1 unspecified atom stereocenters. The molecule has 0 aromatic rings. The number of aliphatic hydroxyl groups is 1. The molecule has 0 aromatic carbocycles. The number of ether oxygens (including phenoxy) is 2. The molecule has 1 heterocycles. The van der Waals surface area contributed by atoms with Gasteiger partial charge in [-0.25, -0.2) is 0 Å². The third-order valence-electron chi connectivity index (χ3n) is 10.8. The number of ketones is 1. The summed E-state index contributed by atoms with van der Waals surface area (Å²) in [5.74, 6) is -0.383. The first-order chi connectivity index (χ1) is 26.2. The topological polar surface area (TPSA) is 55.8 Å². The quantitative estimate of drug-likeness (QED) is 0.0502. The molecule has 4 nitrogen and oxygen atoms in total. The highest BCUT2D eigenvalue weighted by atomic mass is 16.7. The van der Waals surface area contributed by atoms with Crippen molar-refractivity contribution < 1.29 is 19.4 Å². The SMILES string of the molecule is CCCCC/C=C\C/C=C\CCCCCCCCC1(CCCCCCCC/C=C\C/C=C\CCCCC)OCC(CCCCCCCCC(=O)CO)O1. The molecule has 1 saturated heterocycles. The van der Waals surface area contributed by atoms with Crippen molar-refractivity contribution in [2.45, 2.75) is 244 Å². The van der Waals surface area contributed by atoms with Gasteiger partial charge in [-0.05, 0) is 89.9 Å². The summed E-state index contributed by atoms with van der Waals surface area (Å²) in [6.45, 7) is 4.98. The second-order valence-corrected chi connectivity index (χ2v) is 16.0. The van der Waals surface area contributed by atoms with E-state index in [-0.39, 0.29) is 24.3 Å². The highest BCUT2D eigenvalue weighted by molar-refractivity contribution is 5.79. The number of carbonyl (C=O) groups excluding carboxylic acids is 1. The molecule has 0 aromatic heterocycles. The minimum atomic E-state index is -0.353. The Labute approximate surface area is 330 Å². The van der Waals surface area contributed by atoms with Crippen LogP contribution in [0.15, 0.2) is 48.6 Å². The molecular formula is C49H88O4. The van der Waals surface area contributed by atoms with Crippen LogP contribution in [0, 0.1) is 0 Å². The lowest BCUT2D eigenvalue weighted by molar-refractivity contribution is -0.180. The molecule has 0 radical (unpaired) electrons. The molecule has 1 aliphatic heterocycles. The smallest absolute Gasteiger partial charge is 0.168 e. The van der Waals surface area contributed by atoms with Gasteiger partial charge in [0.25, 0.3) is 0 Å². The molecule has 0 saturated carbocycles. The van der Waals surface area contributed by atoms with E-state index in [9.17, 15) is 4.79 Å². The molecule has 1 aliphatic rings. The fraction of sp³-hybridized carbons (Fsp3) is 0.816. The van der Waals surface area contributed by atoms with Crippen molar-refractivity contribution >= 4 is 5.78 Å². The molecule has 1 atom stereocenters. The van der Waals surface area contributed by atoms with E-state index in [2.05, 4.69) is 62.5 Å². The first-order valence-corrected chi connectivity index (χ1v) is 23.2. The molecule has 308 valence electrons. The minimum absolute atomic E-state index is 0.0299. The number of Topliss-reactive ketones (excluding diaryl/α,β-unsaturated/α-hetero) is 1. The Kier molecular flexibility index (Phi) is 36.2. The van der Waals surface area contributed by atoms with Gasteiger partial charge in [-0.15, -0.1) is 0 Å². The summed E-state index contributed by atoms with van der Waals surface area (Å²) in [6, 6.07) is 0. The van der Waals surface area contributed by atoms with Crippen LogP contribution >= 0.6 is 0 Å². The number of rotatable bonds is 40. The van der Waals surface area contributed by atoms with E-state index in [1.54, 1.807) is 0 Å². The summed E-state index contributed by atoms with van der Waals surface area (Å²) in [5.41, 5.74) is 0. The van der Waals surface area contributed by atoms with Crippen molar-refractivity contribution in [3.05, 3.63) is 48.6 Å². The van der Waals surface area contributed by atoms with Crippen LogP contribution in [0.3, 0.4) is 0 Å². The normalized spacial score (nSPS) is 16.1. The van der Waals surface area contributed by atoms with Crippen molar-refractivity contribution in [2.24, 2.45) is 0 Å². The van der Waals surface area contributed by atoms with Crippen molar-refractivity contribution in [3.8, 4) is 0 Å². The van der Waals surface area contributed by atoms with Crippen molar-refractivity contribution in [2.75, 3.05) is 13.2 Å². The molecular weight excluding hydrogens is 653 g/mol. The Bertz CT molecular complexity index is 854. The second-order valence-electron chi connectivity index (χ2n) is 16.0. The third-order valence-corrected chi connectivity index (χ3v) is 10.8. The Hall–Kier alpha value is -1.49. The van der Waals surface area contributed by atoms with Crippen molar-refractivity contribution in [1.82, 2.24) is 0 Å². The second kappa shape index (κ2) is 38.8. The van der Waals surface area contributed by atoms with E-state index < -0.39 is 0 Å². The van der Waals surface area contributed by atoms with Gasteiger partial charge in [-0.2, -0.15) is 0 Å². The van der Waals surface area contributed by atoms with Crippen LogP contribution in [-0.4, -0.2) is 36.0 Å². The zero-order chi connectivity index (χ0) is 38.2. The zero-order valence-corrected chi connectivity index (χ0v) is 35.3. The average Bonchev–Trinajstić information content (AvgIpc) is 3.58. The molecule has 4 heteroatoms. The Morgan fingerprint density at radius 1 is 0.528 bits per heavy atom. The predicted octanol–water partition coefficient (Wildman–Crippen LogP) is 15.2. The number of carbonyl (C=O) groups is 1. The largest absolute Gasteiger partial charge is 0.389 e. The lowest BCUT2D eigenvalue weighted by Crippen LogP contribution is -2.31. The van der Waals surface area contributed by atoms with Crippen LogP contribution < -0.4 is 0 Å². The first kappa shape index (κ1) is 49.5. The highest BCUT2D eigenvalue weighted by Gasteiger charge is 2.40. The van der Waals surface area contributed by atoms with Gasteiger partial charge >= 0.3 is 0 Å². The van der Waals surface area contributed by atoms with Crippen LogP contribution in [0.1, 0.15) is 232 Å². The summed E-state index contributed by atoms with van der Waals surface area (Å²) in [4.78, 5) is 11.3. The lowest BCUT2D eigenvalue weighted by Gasteiger charge is -2.28. The zero-order valence-electron chi connectivity index (χ0n) is 35.3. The number of aliphatic hydroxyl groups excluding tert-OH is 1. The summed E-state index contributed by atoms with van der Waals surface area (Å²) in [7, 11) is 0. The van der Waals surface area contributed by atoms with Gasteiger partial charge in [0.2, 0.25) is 0 Å². The number of allylic oxidation sites excluding steroid dienone is 8. The Balaban J connectivity index is 2.27. The van der Waals surface area contributed by atoms with Gasteiger partial charge in [0, 0.05) is 19.3 Å². The van der Waals surface area contributed by atoms with Gasteiger partial charge in [-0.1, -0.05) is 172 Å². The van der Waals surface area contributed by atoms with Crippen molar-refractivity contribution in [1.29, 1.82) is 0 Å². The van der Waals surface area contributed by atoms with E-state index in [1.165, 1.54) is 167 Å². The Morgan fingerprint density at radius 3 is 1.38 bits per heavy atom. The van der Waals surface area contributed by atoms with E-state index >= 15 is 0 Å². The summed E-state index contributed by atoms with van der Waals surface area (Å²) < 4.78 is 13.3. The van der Waals surface area contributed by atoms with Crippen LogP contribution in [0.25, 0.3) is 0 Å². The predicted molar refractivity (Wildman–Crippen MR) is 231 cm³/mol. The monoisotopic (exact) mass is 741 g/mol. The van der Waals surface area contributed by atoms with Gasteiger partial charge in [0.15, 0.2) is 11.6 Å². The lowest BCUT2D eigenvalue weighted by atomic mass is 9.98. The summed E-state index contributed by atoms with van der Waals surface area (Å²) >= 11 is 0. The summed E-state index contributed by atoms with van der Waals surface area (Å²) in [6.07, 6.45) is 60.2. The van der Waals surface area contributed by atoms with Crippen LogP contribution in [0.5, 0.6) is 0 Å². The van der Waals surface area contributed by atoms with Crippen molar-refractivity contribution in [3.63, 3.8) is 0 Å². The number of hydrogen-bond acceptors (Lipinski definition) is 4. The van der Waals surface area contributed by atoms with E-state index in [1.807, 2.05) is 0 Å². The van der Waals surface area contributed by atoms with Gasteiger partial charge in [0.1, 0.15) is 6.61 Å². The average molecular weight is 741 g/mol. The molecule has 1 N–H and O–H groups in total. The van der Waals surface area contributed by atoms with E-state index in [0.29, 0.717) is 6.42 Å².